The van der Waals surface area contributed by atoms with E-state index in [2.05, 4.69) is 4.85 Å². The minimum Gasteiger partial charge on any atom is -0.367 e. The molecule has 1 aromatic heterocycles. The molecule has 0 unspecified atom stereocenters. The number of aryl methyl sites for hydroxylation is 1. The summed E-state index contributed by atoms with van der Waals surface area (Å²) in [5, 5.41) is 8.46. The highest BCUT2D eigenvalue weighted by atomic mass is 14.9. The molecule has 0 aliphatic rings. The summed E-state index contributed by atoms with van der Waals surface area (Å²) in [4.78, 5) is 3.17. The van der Waals surface area contributed by atoms with Crippen LogP contribution in [0.25, 0.3) is 4.85 Å². The van der Waals surface area contributed by atoms with Gasteiger partial charge in [-0.3, -0.25) is 0 Å². The van der Waals surface area contributed by atoms with Crippen molar-refractivity contribution < 1.29 is 0 Å². The van der Waals surface area contributed by atoms with Crippen molar-refractivity contribution >= 4 is 5.69 Å². The van der Waals surface area contributed by atoms with E-state index in [1.54, 1.807) is 24.0 Å². The van der Waals surface area contributed by atoms with E-state index in [0.717, 1.165) is 0 Å². The lowest BCUT2D eigenvalue weighted by Crippen LogP contribution is -1.77. The zero-order chi connectivity index (χ0) is 7.56. The van der Waals surface area contributed by atoms with Gasteiger partial charge in [-0.2, -0.15) is 5.26 Å². The molecule has 1 rings (SSSR count). The second kappa shape index (κ2) is 2.24. The quantitative estimate of drug-likeness (QED) is 0.490. The maximum Gasteiger partial charge on any atom is 0.221 e. The van der Waals surface area contributed by atoms with Gasteiger partial charge in [-0.1, -0.05) is 0 Å². The van der Waals surface area contributed by atoms with Crippen molar-refractivity contribution in [3.8, 4) is 6.07 Å². The van der Waals surface area contributed by atoms with Gasteiger partial charge in [0.15, 0.2) is 0 Å². The summed E-state index contributed by atoms with van der Waals surface area (Å²) in [6.45, 7) is 6.66. The molecule has 0 saturated heterocycles. The number of hydrogen-bond acceptors (Lipinski definition) is 1. The van der Waals surface area contributed by atoms with Crippen LogP contribution in [0, 0.1) is 17.9 Å². The summed E-state index contributed by atoms with van der Waals surface area (Å²) < 4.78 is 1.70. The molecule has 0 atom stereocenters. The van der Waals surface area contributed by atoms with E-state index >= 15 is 0 Å². The predicted molar refractivity (Wildman–Crippen MR) is 36.4 cm³/mol. The third-order valence-corrected chi connectivity index (χ3v) is 1.18. The van der Waals surface area contributed by atoms with Gasteiger partial charge < -0.3 is 4.57 Å². The first-order valence-electron chi connectivity index (χ1n) is 2.71. The summed E-state index contributed by atoms with van der Waals surface area (Å²) in [5.41, 5.74) is 0.863. The fraction of sp³-hybridized carbons (Fsp3) is 0.143. The Balaban J connectivity index is 3.28. The minimum atomic E-state index is 0.421. The second-order valence-corrected chi connectivity index (χ2v) is 1.95. The molecule has 0 radical (unpaired) electrons. The normalized spacial score (nSPS) is 8.30. The third kappa shape index (κ3) is 0.852. The highest BCUT2D eigenvalue weighted by Crippen LogP contribution is 2.17. The molecule has 0 aliphatic heterocycles. The molecule has 0 N–H and O–H groups in total. The fourth-order valence-corrected chi connectivity index (χ4v) is 0.745. The fourth-order valence-electron chi connectivity index (χ4n) is 0.745. The van der Waals surface area contributed by atoms with Crippen LogP contribution in [-0.2, 0) is 7.05 Å². The molecule has 3 nitrogen and oxygen atoms in total. The van der Waals surface area contributed by atoms with Gasteiger partial charge >= 0.3 is 0 Å². The van der Waals surface area contributed by atoms with Gasteiger partial charge in [0.05, 0.1) is 18.2 Å². The molecule has 0 amide bonds. The SMILES string of the molecule is [C-]#[N+]c1cn(C)cc1C#N. The highest BCUT2D eigenvalue weighted by Gasteiger charge is 2.01. The van der Waals surface area contributed by atoms with Gasteiger partial charge in [-0.25, -0.2) is 4.85 Å². The number of nitriles is 1. The summed E-state index contributed by atoms with van der Waals surface area (Å²) in [7, 11) is 1.79. The van der Waals surface area contributed by atoms with Crippen molar-refractivity contribution in [2.45, 2.75) is 0 Å². The van der Waals surface area contributed by atoms with E-state index < -0.39 is 0 Å². The molecular formula is C7H5N3. The van der Waals surface area contributed by atoms with Crippen molar-refractivity contribution in [2.75, 3.05) is 0 Å². The van der Waals surface area contributed by atoms with Crippen molar-refractivity contribution in [1.82, 2.24) is 4.57 Å². The Morgan fingerprint density at radius 2 is 2.40 bits per heavy atom. The van der Waals surface area contributed by atoms with Crippen LogP contribution >= 0.6 is 0 Å². The zero-order valence-corrected chi connectivity index (χ0v) is 5.50. The maximum atomic E-state index is 8.46. The molecule has 0 spiro atoms. The molecule has 0 aromatic carbocycles. The number of hydrogen-bond donors (Lipinski definition) is 0. The Hall–Kier alpha value is -1.74. The van der Waals surface area contributed by atoms with Gasteiger partial charge in [-0.05, 0) is 0 Å². The van der Waals surface area contributed by atoms with Crippen molar-refractivity contribution in [2.24, 2.45) is 7.05 Å². The van der Waals surface area contributed by atoms with Gasteiger partial charge in [0.25, 0.3) is 0 Å². The van der Waals surface area contributed by atoms with E-state index in [0.29, 0.717) is 11.3 Å². The monoisotopic (exact) mass is 131 g/mol. The Labute approximate surface area is 58.9 Å². The molecule has 0 bridgehead atoms. The molecule has 10 heavy (non-hydrogen) atoms. The molecule has 0 fully saturated rings. The molecule has 1 heterocycles. The number of rotatable bonds is 0. The van der Waals surface area contributed by atoms with Crippen LogP contribution < -0.4 is 0 Å². The standard InChI is InChI=1S/C7H5N3/c1-9-7-5-10(2)4-6(7)3-8/h4-5H,2H3. The molecular weight excluding hydrogens is 126 g/mol. The highest BCUT2D eigenvalue weighted by molar-refractivity contribution is 5.57. The average Bonchev–Trinajstić information content (AvgIpc) is 2.30. The van der Waals surface area contributed by atoms with Gasteiger partial charge in [0, 0.05) is 19.4 Å². The first kappa shape index (κ1) is 6.38. The molecule has 0 saturated carbocycles. The largest absolute Gasteiger partial charge is 0.367 e. The Morgan fingerprint density at radius 3 is 2.80 bits per heavy atom. The summed E-state index contributed by atoms with van der Waals surface area (Å²) in [5.74, 6) is 0. The second-order valence-electron chi connectivity index (χ2n) is 1.95. The third-order valence-electron chi connectivity index (χ3n) is 1.18. The van der Waals surface area contributed by atoms with Gasteiger partial charge in [-0.15, -0.1) is 0 Å². The Kier molecular flexibility index (Phi) is 1.43. The van der Waals surface area contributed by atoms with Crippen LogP contribution in [0.4, 0.5) is 5.69 Å². The van der Waals surface area contributed by atoms with E-state index in [-0.39, 0.29) is 0 Å². The van der Waals surface area contributed by atoms with Gasteiger partial charge in [0.2, 0.25) is 5.69 Å². The van der Waals surface area contributed by atoms with Crippen LogP contribution in [0.2, 0.25) is 0 Å². The minimum absolute atomic E-state index is 0.421. The predicted octanol–water partition coefficient (Wildman–Crippen LogP) is 1.45. The molecule has 0 aliphatic carbocycles. The number of aromatic nitrogens is 1. The Bertz CT molecular complexity index is 290. The number of nitrogens with zero attached hydrogens (tertiary/aromatic N) is 3. The van der Waals surface area contributed by atoms with E-state index in [1.807, 2.05) is 6.07 Å². The smallest absolute Gasteiger partial charge is 0.221 e. The molecule has 1 aromatic rings. The van der Waals surface area contributed by atoms with E-state index in [4.69, 9.17) is 11.8 Å². The molecule has 48 valence electrons. The lowest BCUT2D eigenvalue weighted by atomic mass is 10.3. The Morgan fingerprint density at radius 1 is 1.70 bits per heavy atom. The van der Waals surface area contributed by atoms with Crippen molar-refractivity contribution in [3.63, 3.8) is 0 Å². The zero-order valence-electron chi connectivity index (χ0n) is 5.50. The topological polar surface area (TPSA) is 33.1 Å². The van der Waals surface area contributed by atoms with Crippen LogP contribution in [0.15, 0.2) is 12.4 Å². The van der Waals surface area contributed by atoms with E-state index in [1.165, 1.54) is 0 Å². The summed E-state index contributed by atoms with van der Waals surface area (Å²) in [6.07, 6.45) is 3.26. The lowest BCUT2D eigenvalue weighted by molar-refractivity contribution is 0.928. The van der Waals surface area contributed by atoms with Crippen LogP contribution in [0.3, 0.4) is 0 Å². The van der Waals surface area contributed by atoms with Crippen molar-refractivity contribution in [3.05, 3.63) is 29.4 Å². The van der Waals surface area contributed by atoms with Gasteiger partial charge in [0.1, 0.15) is 0 Å². The maximum absolute atomic E-state index is 8.46. The van der Waals surface area contributed by atoms with Crippen LogP contribution in [-0.4, -0.2) is 4.57 Å². The lowest BCUT2D eigenvalue weighted by Gasteiger charge is -1.81. The first-order valence-corrected chi connectivity index (χ1v) is 2.71. The van der Waals surface area contributed by atoms with Crippen LogP contribution in [0.1, 0.15) is 5.56 Å². The summed E-state index contributed by atoms with van der Waals surface area (Å²) >= 11 is 0. The van der Waals surface area contributed by atoms with Crippen LogP contribution in [0.5, 0.6) is 0 Å². The molecule has 3 heteroatoms. The van der Waals surface area contributed by atoms with E-state index in [9.17, 15) is 0 Å². The first-order chi connectivity index (χ1) is 4.77. The summed E-state index contributed by atoms with van der Waals surface area (Å²) in [6, 6.07) is 1.93. The van der Waals surface area contributed by atoms with Crippen molar-refractivity contribution in [1.29, 1.82) is 5.26 Å². The average molecular weight is 131 g/mol.